The number of Topliss-reactive ketones (excluding diaryl/α,β-unsaturated/α-hetero) is 1. The number of amides is 1. The van der Waals surface area contributed by atoms with E-state index in [4.69, 9.17) is 0 Å². The normalized spacial score (nSPS) is 18.7. The third-order valence-corrected chi connectivity index (χ3v) is 5.19. The van der Waals surface area contributed by atoms with Crippen molar-refractivity contribution in [3.63, 3.8) is 0 Å². The summed E-state index contributed by atoms with van der Waals surface area (Å²) in [5.74, 6) is -1.36. The fraction of sp³-hybridized carbons (Fsp3) is 0.348. The summed E-state index contributed by atoms with van der Waals surface area (Å²) in [6.07, 6.45) is 4.01. The molecule has 1 aromatic heterocycles. The lowest BCUT2D eigenvalue weighted by Crippen LogP contribution is -2.32. The molecule has 1 fully saturated rings. The number of nitrogens with zero attached hydrogens (tertiary/aromatic N) is 3. The van der Waals surface area contributed by atoms with Crippen molar-refractivity contribution in [3.8, 4) is 0 Å². The second-order valence-corrected chi connectivity index (χ2v) is 7.75. The minimum Gasteiger partial charge on any atom is -0.507 e. The number of carbonyl (C=O) groups is 2. The van der Waals surface area contributed by atoms with Gasteiger partial charge < -0.3 is 14.9 Å². The van der Waals surface area contributed by atoms with Gasteiger partial charge in [-0.3, -0.25) is 14.6 Å². The minimum atomic E-state index is -0.651. The second-order valence-electron chi connectivity index (χ2n) is 7.75. The second kappa shape index (κ2) is 8.57. The summed E-state index contributed by atoms with van der Waals surface area (Å²) in [6, 6.07) is 8.64. The number of aliphatic hydroxyl groups is 1. The summed E-state index contributed by atoms with van der Waals surface area (Å²) in [7, 11) is 3.93. The standard InChI is InChI=1S/C23H27N3O3/c1-15-8-9-16(2)18(13-15)21(27)19-20(17-7-5-10-24-14-17)26(23(29)22(19)28)12-6-11-25(3)4/h5,7-10,13-14,20,27H,6,11-12H2,1-4H3/b21-19-. The molecule has 0 spiro atoms. The molecular weight excluding hydrogens is 366 g/mol. The summed E-state index contributed by atoms with van der Waals surface area (Å²) in [5.41, 5.74) is 3.22. The number of aliphatic hydroxyl groups excluding tert-OH is 1. The molecule has 1 aliphatic rings. The summed E-state index contributed by atoms with van der Waals surface area (Å²) in [5, 5.41) is 11.1. The van der Waals surface area contributed by atoms with E-state index in [9.17, 15) is 14.7 Å². The Morgan fingerprint density at radius 1 is 1.21 bits per heavy atom. The van der Waals surface area contributed by atoms with Crippen LogP contribution in [0, 0.1) is 13.8 Å². The van der Waals surface area contributed by atoms with Gasteiger partial charge in [0.15, 0.2) is 0 Å². The molecule has 0 radical (unpaired) electrons. The molecule has 1 saturated heterocycles. The van der Waals surface area contributed by atoms with E-state index >= 15 is 0 Å². The van der Waals surface area contributed by atoms with Gasteiger partial charge in [-0.15, -0.1) is 0 Å². The molecule has 3 rings (SSSR count). The Bertz CT molecular complexity index is 951. The van der Waals surface area contributed by atoms with Crippen molar-refractivity contribution in [2.24, 2.45) is 0 Å². The Labute approximate surface area is 171 Å². The molecule has 152 valence electrons. The Morgan fingerprint density at radius 2 is 1.97 bits per heavy atom. The first-order valence-electron chi connectivity index (χ1n) is 9.72. The minimum absolute atomic E-state index is 0.126. The molecule has 1 aliphatic heterocycles. The number of carbonyl (C=O) groups excluding carboxylic acids is 2. The lowest BCUT2D eigenvalue weighted by atomic mass is 9.94. The van der Waals surface area contributed by atoms with Crippen molar-refractivity contribution in [2.45, 2.75) is 26.3 Å². The predicted octanol–water partition coefficient (Wildman–Crippen LogP) is 3.07. The molecule has 2 heterocycles. The number of pyridine rings is 1. The van der Waals surface area contributed by atoms with Crippen LogP contribution < -0.4 is 0 Å². The van der Waals surface area contributed by atoms with Gasteiger partial charge in [0.25, 0.3) is 11.7 Å². The van der Waals surface area contributed by atoms with E-state index in [1.54, 1.807) is 23.4 Å². The predicted molar refractivity (Wildman–Crippen MR) is 112 cm³/mol. The molecule has 6 heteroatoms. The van der Waals surface area contributed by atoms with Gasteiger partial charge >= 0.3 is 0 Å². The fourth-order valence-corrected chi connectivity index (χ4v) is 3.69. The number of hydrogen-bond acceptors (Lipinski definition) is 5. The van der Waals surface area contributed by atoms with Crippen LogP contribution in [0.25, 0.3) is 5.76 Å². The van der Waals surface area contributed by atoms with Crippen LogP contribution in [0.15, 0.2) is 48.3 Å². The van der Waals surface area contributed by atoms with Crippen molar-refractivity contribution in [2.75, 3.05) is 27.2 Å². The van der Waals surface area contributed by atoms with Crippen molar-refractivity contribution in [1.29, 1.82) is 0 Å². The average Bonchev–Trinajstić information content (AvgIpc) is 2.94. The van der Waals surface area contributed by atoms with E-state index in [0.29, 0.717) is 17.7 Å². The highest BCUT2D eigenvalue weighted by molar-refractivity contribution is 6.46. The SMILES string of the molecule is Cc1ccc(C)c(/C(O)=C2/C(=O)C(=O)N(CCCN(C)C)C2c2cccnc2)c1. The number of aromatic nitrogens is 1. The molecule has 6 nitrogen and oxygen atoms in total. The van der Waals surface area contributed by atoms with Gasteiger partial charge in [0.2, 0.25) is 0 Å². The van der Waals surface area contributed by atoms with Gasteiger partial charge in [-0.1, -0.05) is 23.8 Å². The van der Waals surface area contributed by atoms with Gasteiger partial charge in [0.05, 0.1) is 11.6 Å². The molecule has 1 atom stereocenters. The summed E-state index contributed by atoms with van der Waals surface area (Å²) in [4.78, 5) is 33.6. The highest BCUT2D eigenvalue weighted by Gasteiger charge is 2.46. The van der Waals surface area contributed by atoms with Crippen LogP contribution in [0.1, 0.15) is 34.7 Å². The fourth-order valence-electron chi connectivity index (χ4n) is 3.69. The van der Waals surface area contributed by atoms with E-state index in [2.05, 4.69) is 4.98 Å². The van der Waals surface area contributed by atoms with E-state index in [1.165, 1.54) is 0 Å². The topological polar surface area (TPSA) is 73.7 Å². The number of ketones is 1. The number of likely N-dealkylation sites (tertiary alicyclic amines) is 1. The maximum absolute atomic E-state index is 13.0. The third kappa shape index (κ3) is 4.22. The van der Waals surface area contributed by atoms with Gasteiger partial charge in [-0.2, -0.15) is 0 Å². The van der Waals surface area contributed by atoms with Crippen LogP contribution in [0.3, 0.4) is 0 Å². The molecule has 29 heavy (non-hydrogen) atoms. The number of rotatable bonds is 6. The van der Waals surface area contributed by atoms with E-state index in [0.717, 1.165) is 24.1 Å². The van der Waals surface area contributed by atoms with Crippen molar-refractivity contribution in [3.05, 3.63) is 70.6 Å². The Balaban J connectivity index is 2.12. The van der Waals surface area contributed by atoms with Gasteiger partial charge in [-0.05, 0) is 64.2 Å². The van der Waals surface area contributed by atoms with Crippen molar-refractivity contribution >= 4 is 17.4 Å². The zero-order valence-corrected chi connectivity index (χ0v) is 17.3. The molecule has 2 aromatic rings. The number of hydrogen-bond donors (Lipinski definition) is 1. The molecule has 1 aromatic carbocycles. The molecule has 1 amide bonds. The van der Waals surface area contributed by atoms with Crippen LogP contribution in [0.4, 0.5) is 0 Å². The zero-order valence-electron chi connectivity index (χ0n) is 17.3. The van der Waals surface area contributed by atoms with Crippen LogP contribution in [0.5, 0.6) is 0 Å². The zero-order chi connectivity index (χ0) is 21.1. The average molecular weight is 393 g/mol. The first-order chi connectivity index (χ1) is 13.8. The molecule has 0 saturated carbocycles. The molecule has 1 N–H and O–H groups in total. The Kier molecular flexibility index (Phi) is 6.13. The third-order valence-electron chi connectivity index (χ3n) is 5.19. The first kappa shape index (κ1) is 20.7. The first-order valence-corrected chi connectivity index (χ1v) is 9.72. The van der Waals surface area contributed by atoms with Crippen molar-refractivity contribution in [1.82, 2.24) is 14.8 Å². The molecule has 0 bridgehead atoms. The van der Waals surface area contributed by atoms with Gasteiger partial charge in [0, 0.05) is 24.5 Å². The molecule has 0 aliphatic carbocycles. The smallest absolute Gasteiger partial charge is 0.295 e. The number of aryl methyl sites for hydroxylation is 2. The van der Waals surface area contributed by atoms with Crippen LogP contribution in [-0.2, 0) is 9.59 Å². The lowest BCUT2D eigenvalue weighted by Gasteiger charge is -2.25. The summed E-state index contributed by atoms with van der Waals surface area (Å²) in [6.45, 7) is 5.01. The number of benzene rings is 1. The maximum Gasteiger partial charge on any atom is 0.295 e. The largest absolute Gasteiger partial charge is 0.507 e. The maximum atomic E-state index is 13.0. The van der Waals surface area contributed by atoms with E-state index < -0.39 is 17.7 Å². The van der Waals surface area contributed by atoms with Crippen LogP contribution in [0.2, 0.25) is 0 Å². The van der Waals surface area contributed by atoms with Gasteiger partial charge in [-0.25, -0.2) is 0 Å². The highest BCUT2D eigenvalue weighted by atomic mass is 16.3. The Hall–Kier alpha value is -2.99. The highest BCUT2D eigenvalue weighted by Crippen LogP contribution is 2.39. The quantitative estimate of drug-likeness (QED) is 0.464. The van der Waals surface area contributed by atoms with Crippen molar-refractivity contribution < 1.29 is 14.7 Å². The summed E-state index contributed by atoms with van der Waals surface area (Å²) >= 11 is 0. The Morgan fingerprint density at radius 3 is 2.62 bits per heavy atom. The van der Waals surface area contributed by atoms with Gasteiger partial charge in [0.1, 0.15) is 5.76 Å². The molecular formula is C23H27N3O3. The lowest BCUT2D eigenvalue weighted by molar-refractivity contribution is -0.139. The monoisotopic (exact) mass is 393 g/mol. The summed E-state index contributed by atoms with van der Waals surface area (Å²) < 4.78 is 0. The van der Waals surface area contributed by atoms with E-state index in [1.807, 2.05) is 57.1 Å². The van der Waals surface area contributed by atoms with Crippen LogP contribution >= 0.6 is 0 Å². The van der Waals surface area contributed by atoms with E-state index in [-0.39, 0.29) is 11.3 Å². The molecule has 1 unspecified atom stereocenters. The van der Waals surface area contributed by atoms with Crippen LogP contribution in [-0.4, -0.2) is 58.8 Å².